The first-order chi connectivity index (χ1) is 8.93. The van der Waals surface area contributed by atoms with E-state index in [-0.39, 0.29) is 16.2 Å². The molecule has 0 aromatic heterocycles. The molecule has 0 aliphatic heterocycles. The molecule has 2 nitrogen and oxygen atoms in total. The normalized spacial score (nSPS) is 22.1. The van der Waals surface area contributed by atoms with Crippen LogP contribution in [0.4, 0.5) is 0 Å². The van der Waals surface area contributed by atoms with Crippen LogP contribution in [0.25, 0.3) is 0 Å². The Labute approximate surface area is 122 Å². The van der Waals surface area contributed by atoms with Gasteiger partial charge in [0, 0.05) is 0 Å². The monoisotopic (exact) mass is 274 g/mol. The quantitative estimate of drug-likeness (QED) is 0.814. The van der Waals surface area contributed by atoms with Crippen molar-refractivity contribution in [3.05, 3.63) is 34.4 Å². The Balaban J connectivity index is 2.80. The van der Waals surface area contributed by atoms with Crippen LogP contribution in [0, 0.1) is 17.8 Å². The highest BCUT2D eigenvalue weighted by Gasteiger charge is 2.53. The van der Waals surface area contributed by atoms with Crippen molar-refractivity contribution in [2.45, 2.75) is 60.3 Å². The van der Waals surface area contributed by atoms with E-state index in [2.05, 4.69) is 41.5 Å². The molecule has 1 aliphatic carbocycles. The van der Waals surface area contributed by atoms with Crippen molar-refractivity contribution in [3.8, 4) is 0 Å². The molecule has 1 aliphatic rings. The third-order valence-electron chi connectivity index (χ3n) is 6.29. The van der Waals surface area contributed by atoms with Crippen molar-refractivity contribution in [1.29, 1.82) is 0 Å². The molecule has 0 bridgehead atoms. The van der Waals surface area contributed by atoms with Crippen LogP contribution in [0.5, 0.6) is 0 Å². The van der Waals surface area contributed by atoms with E-state index in [0.29, 0.717) is 5.56 Å². The fourth-order valence-corrected chi connectivity index (χ4v) is 3.87. The molecule has 1 aromatic carbocycles. The molecule has 0 amide bonds. The standard InChI is InChI=1S/C18H26O2/c1-11-13(15(19)20)9-8-12-10-16(2,3)18(6,7)17(4,5)14(11)12/h8-9H,10H2,1-7H3,(H,19,20). The lowest BCUT2D eigenvalue weighted by atomic mass is 9.47. The van der Waals surface area contributed by atoms with Crippen LogP contribution in [-0.2, 0) is 11.8 Å². The maximum absolute atomic E-state index is 11.4. The summed E-state index contributed by atoms with van der Waals surface area (Å²) in [5.74, 6) is -0.830. The predicted octanol–water partition coefficient (Wildman–Crippen LogP) is 4.58. The maximum Gasteiger partial charge on any atom is 0.335 e. The van der Waals surface area contributed by atoms with Crippen molar-refractivity contribution in [2.24, 2.45) is 10.8 Å². The summed E-state index contributed by atoms with van der Waals surface area (Å²) in [4.78, 5) is 11.4. The Morgan fingerprint density at radius 3 is 2.15 bits per heavy atom. The first kappa shape index (κ1) is 15.1. The Hall–Kier alpha value is -1.31. The van der Waals surface area contributed by atoms with Gasteiger partial charge in [0.1, 0.15) is 0 Å². The molecule has 0 fully saturated rings. The molecule has 20 heavy (non-hydrogen) atoms. The van der Waals surface area contributed by atoms with Gasteiger partial charge < -0.3 is 5.11 Å². The van der Waals surface area contributed by atoms with E-state index < -0.39 is 5.97 Å². The summed E-state index contributed by atoms with van der Waals surface area (Å²) >= 11 is 0. The number of benzene rings is 1. The second-order valence-electron chi connectivity index (χ2n) is 7.89. The molecule has 1 N–H and O–H groups in total. The summed E-state index contributed by atoms with van der Waals surface area (Å²) in [5, 5.41) is 9.37. The van der Waals surface area contributed by atoms with Gasteiger partial charge in [0.15, 0.2) is 0 Å². The topological polar surface area (TPSA) is 37.3 Å². The molecular formula is C18H26O2. The van der Waals surface area contributed by atoms with Gasteiger partial charge in [-0.15, -0.1) is 0 Å². The molecule has 0 atom stereocenters. The summed E-state index contributed by atoms with van der Waals surface area (Å²) in [6, 6.07) is 3.78. The number of carboxylic acid groups (broad SMARTS) is 1. The van der Waals surface area contributed by atoms with Crippen LogP contribution in [0.3, 0.4) is 0 Å². The highest BCUT2D eigenvalue weighted by atomic mass is 16.4. The van der Waals surface area contributed by atoms with Crippen LogP contribution < -0.4 is 0 Å². The van der Waals surface area contributed by atoms with Crippen molar-refractivity contribution in [1.82, 2.24) is 0 Å². The minimum absolute atomic E-state index is 0.0559. The van der Waals surface area contributed by atoms with Crippen LogP contribution in [0.15, 0.2) is 12.1 Å². The van der Waals surface area contributed by atoms with Crippen molar-refractivity contribution < 1.29 is 9.90 Å². The number of fused-ring (bicyclic) bond motifs is 1. The minimum atomic E-state index is -0.830. The Kier molecular flexibility index (Phi) is 3.09. The zero-order chi connectivity index (χ0) is 15.5. The lowest BCUT2D eigenvalue weighted by molar-refractivity contribution is 0.0149. The van der Waals surface area contributed by atoms with E-state index in [4.69, 9.17) is 0 Å². The van der Waals surface area contributed by atoms with E-state index >= 15 is 0 Å². The largest absolute Gasteiger partial charge is 0.478 e. The second-order valence-corrected chi connectivity index (χ2v) is 7.89. The van der Waals surface area contributed by atoms with E-state index in [1.807, 2.05) is 13.0 Å². The zero-order valence-electron chi connectivity index (χ0n) is 13.7. The van der Waals surface area contributed by atoms with Gasteiger partial charge in [-0.3, -0.25) is 0 Å². The molecule has 0 saturated heterocycles. The summed E-state index contributed by atoms with van der Waals surface area (Å²) in [6.07, 6.45) is 1.000. The summed E-state index contributed by atoms with van der Waals surface area (Å²) in [7, 11) is 0. The molecule has 0 spiro atoms. The minimum Gasteiger partial charge on any atom is -0.478 e. The number of rotatable bonds is 1. The van der Waals surface area contributed by atoms with Gasteiger partial charge in [-0.2, -0.15) is 0 Å². The lowest BCUT2D eigenvalue weighted by Crippen LogP contribution is -2.52. The van der Waals surface area contributed by atoms with Gasteiger partial charge in [-0.05, 0) is 52.3 Å². The van der Waals surface area contributed by atoms with Crippen molar-refractivity contribution in [2.75, 3.05) is 0 Å². The Morgan fingerprint density at radius 2 is 1.65 bits per heavy atom. The number of hydrogen-bond acceptors (Lipinski definition) is 1. The zero-order valence-corrected chi connectivity index (χ0v) is 13.7. The third kappa shape index (κ3) is 1.73. The molecule has 0 unspecified atom stereocenters. The third-order valence-corrected chi connectivity index (χ3v) is 6.29. The maximum atomic E-state index is 11.4. The van der Waals surface area contributed by atoms with E-state index in [0.717, 1.165) is 12.0 Å². The smallest absolute Gasteiger partial charge is 0.335 e. The van der Waals surface area contributed by atoms with Gasteiger partial charge in [-0.1, -0.05) is 47.6 Å². The SMILES string of the molecule is Cc1c(C(=O)O)ccc2c1C(C)(C)C(C)(C)C(C)(C)C2. The van der Waals surface area contributed by atoms with Gasteiger partial charge in [0.25, 0.3) is 0 Å². The average Bonchev–Trinajstić information content (AvgIpc) is 2.25. The fraction of sp³-hybridized carbons (Fsp3) is 0.611. The number of aromatic carboxylic acids is 1. The molecule has 2 rings (SSSR count). The van der Waals surface area contributed by atoms with Crippen LogP contribution in [0.2, 0.25) is 0 Å². The first-order valence-corrected chi connectivity index (χ1v) is 7.30. The van der Waals surface area contributed by atoms with Gasteiger partial charge >= 0.3 is 5.97 Å². The molecule has 0 saturated carbocycles. The highest BCUT2D eigenvalue weighted by Crippen LogP contribution is 2.59. The second kappa shape index (κ2) is 4.09. The van der Waals surface area contributed by atoms with Crippen LogP contribution in [-0.4, -0.2) is 11.1 Å². The van der Waals surface area contributed by atoms with Crippen LogP contribution >= 0.6 is 0 Å². The molecule has 0 heterocycles. The van der Waals surface area contributed by atoms with E-state index in [1.165, 1.54) is 11.1 Å². The summed E-state index contributed by atoms with van der Waals surface area (Å²) in [6.45, 7) is 15.7. The Bertz CT molecular complexity index is 577. The summed E-state index contributed by atoms with van der Waals surface area (Å²) in [5.41, 5.74) is 4.13. The van der Waals surface area contributed by atoms with E-state index in [1.54, 1.807) is 6.07 Å². The number of carbonyl (C=O) groups is 1. The number of hydrogen-bond donors (Lipinski definition) is 1. The summed E-state index contributed by atoms with van der Waals surface area (Å²) < 4.78 is 0. The Morgan fingerprint density at radius 1 is 1.10 bits per heavy atom. The lowest BCUT2D eigenvalue weighted by Gasteiger charge is -2.57. The first-order valence-electron chi connectivity index (χ1n) is 7.30. The van der Waals surface area contributed by atoms with Crippen molar-refractivity contribution >= 4 is 5.97 Å². The molecule has 1 aromatic rings. The van der Waals surface area contributed by atoms with Crippen LogP contribution in [0.1, 0.15) is 68.6 Å². The average molecular weight is 274 g/mol. The fourth-order valence-electron chi connectivity index (χ4n) is 3.87. The molecule has 110 valence electrons. The number of carboxylic acids is 1. The molecule has 2 heteroatoms. The van der Waals surface area contributed by atoms with E-state index in [9.17, 15) is 9.90 Å². The molecule has 0 radical (unpaired) electrons. The van der Waals surface area contributed by atoms with Crippen molar-refractivity contribution in [3.63, 3.8) is 0 Å². The van der Waals surface area contributed by atoms with Gasteiger partial charge in [0.05, 0.1) is 5.56 Å². The van der Waals surface area contributed by atoms with Gasteiger partial charge in [-0.25, -0.2) is 4.79 Å². The van der Waals surface area contributed by atoms with Gasteiger partial charge in [0.2, 0.25) is 0 Å². The molecular weight excluding hydrogens is 248 g/mol. The predicted molar refractivity (Wildman–Crippen MR) is 82.4 cm³/mol. The highest BCUT2D eigenvalue weighted by molar-refractivity contribution is 5.90.